The van der Waals surface area contributed by atoms with Gasteiger partial charge in [-0.2, -0.15) is 0 Å². The summed E-state index contributed by atoms with van der Waals surface area (Å²) < 4.78 is 1.24. The number of phenols is 1. The summed E-state index contributed by atoms with van der Waals surface area (Å²) in [5.74, 6) is 0.277. The molecule has 0 saturated heterocycles. The summed E-state index contributed by atoms with van der Waals surface area (Å²) in [6.45, 7) is 0. The fourth-order valence-corrected chi connectivity index (χ4v) is 2.52. The minimum atomic E-state index is 0.277. The molecule has 0 aliphatic carbocycles. The monoisotopic (exact) mass is 361 g/mol. The molecule has 19 heavy (non-hydrogen) atoms. The van der Waals surface area contributed by atoms with Crippen LogP contribution in [0.25, 0.3) is 10.8 Å². The lowest BCUT2D eigenvalue weighted by molar-refractivity contribution is 0.475. The smallest absolute Gasteiger partial charge is 0.115 e. The van der Waals surface area contributed by atoms with E-state index in [0.717, 1.165) is 11.4 Å². The molecule has 3 heteroatoms. The number of hydrogen-bond donors (Lipinski definition) is 2. The van der Waals surface area contributed by atoms with Crippen molar-refractivity contribution in [3.63, 3.8) is 0 Å². The highest BCUT2D eigenvalue weighted by molar-refractivity contribution is 14.1. The van der Waals surface area contributed by atoms with E-state index < -0.39 is 0 Å². The maximum Gasteiger partial charge on any atom is 0.115 e. The van der Waals surface area contributed by atoms with Gasteiger partial charge in [0.05, 0.1) is 0 Å². The quantitative estimate of drug-likeness (QED) is 0.503. The number of fused-ring (bicyclic) bond motifs is 1. The molecule has 94 valence electrons. The average Bonchev–Trinajstić information content (AvgIpc) is 2.42. The number of phenolic OH excluding ortho intramolecular Hbond substituents is 1. The van der Waals surface area contributed by atoms with Crippen molar-refractivity contribution < 1.29 is 5.11 Å². The summed E-state index contributed by atoms with van der Waals surface area (Å²) in [6, 6.07) is 19.7. The predicted octanol–water partition coefficient (Wildman–Crippen LogP) is 4.89. The average molecular weight is 361 g/mol. The van der Waals surface area contributed by atoms with Crippen LogP contribution in [0.15, 0.2) is 60.7 Å². The second-order valence-electron chi connectivity index (χ2n) is 4.38. The minimum absolute atomic E-state index is 0.277. The number of benzene rings is 3. The lowest BCUT2D eigenvalue weighted by atomic mass is 10.1. The van der Waals surface area contributed by atoms with Gasteiger partial charge in [0.1, 0.15) is 5.75 Å². The highest BCUT2D eigenvalue weighted by atomic mass is 127. The first-order valence-electron chi connectivity index (χ1n) is 5.96. The van der Waals surface area contributed by atoms with Gasteiger partial charge in [-0.05, 0) is 81.9 Å². The molecule has 0 fully saturated rings. The van der Waals surface area contributed by atoms with Gasteiger partial charge in [0, 0.05) is 14.9 Å². The van der Waals surface area contributed by atoms with Crippen LogP contribution in [0.5, 0.6) is 5.75 Å². The Morgan fingerprint density at radius 1 is 0.737 bits per heavy atom. The molecule has 0 amide bonds. The summed E-state index contributed by atoms with van der Waals surface area (Å²) in [6.07, 6.45) is 0. The Morgan fingerprint density at radius 2 is 1.37 bits per heavy atom. The second kappa shape index (κ2) is 5.09. The minimum Gasteiger partial charge on any atom is -0.508 e. The molecule has 0 unspecified atom stereocenters. The van der Waals surface area contributed by atoms with Gasteiger partial charge < -0.3 is 10.4 Å². The number of halogens is 1. The van der Waals surface area contributed by atoms with E-state index in [2.05, 4.69) is 64.3 Å². The molecule has 0 spiro atoms. The maximum atomic E-state index is 9.26. The van der Waals surface area contributed by atoms with Crippen LogP contribution in [0, 0.1) is 3.57 Å². The third-order valence-electron chi connectivity index (χ3n) is 2.96. The van der Waals surface area contributed by atoms with Gasteiger partial charge in [-0.25, -0.2) is 0 Å². The van der Waals surface area contributed by atoms with Crippen LogP contribution in [0.2, 0.25) is 0 Å². The zero-order valence-corrected chi connectivity index (χ0v) is 12.3. The lowest BCUT2D eigenvalue weighted by Crippen LogP contribution is -1.89. The SMILES string of the molecule is Oc1ccc(Nc2ccc3cc(I)ccc3c2)cc1. The van der Waals surface area contributed by atoms with Crippen LogP contribution in [0.1, 0.15) is 0 Å². The molecule has 0 atom stereocenters. The van der Waals surface area contributed by atoms with Gasteiger partial charge in [0.2, 0.25) is 0 Å². The summed E-state index contributed by atoms with van der Waals surface area (Å²) in [5, 5.41) is 15.0. The van der Waals surface area contributed by atoms with Gasteiger partial charge >= 0.3 is 0 Å². The molecule has 2 N–H and O–H groups in total. The molecule has 0 aliphatic rings. The summed E-state index contributed by atoms with van der Waals surface area (Å²) in [4.78, 5) is 0. The number of rotatable bonds is 2. The van der Waals surface area contributed by atoms with Gasteiger partial charge in [-0.15, -0.1) is 0 Å². The van der Waals surface area contributed by atoms with Crippen LogP contribution in [0.4, 0.5) is 11.4 Å². The van der Waals surface area contributed by atoms with Crippen molar-refractivity contribution in [1.29, 1.82) is 0 Å². The van der Waals surface area contributed by atoms with E-state index in [4.69, 9.17) is 0 Å². The number of hydrogen-bond acceptors (Lipinski definition) is 2. The zero-order valence-electron chi connectivity index (χ0n) is 10.1. The molecule has 0 radical (unpaired) electrons. The topological polar surface area (TPSA) is 32.3 Å². The lowest BCUT2D eigenvalue weighted by Gasteiger charge is -2.08. The van der Waals surface area contributed by atoms with E-state index in [9.17, 15) is 5.11 Å². The predicted molar refractivity (Wildman–Crippen MR) is 88.1 cm³/mol. The Morgan fingerprint density at radius 3 is 2.16 bits per heavy atom. The molecule has 0 saturated carbocycles. The van der Waals surface area contributed by atoms with E-state index in [0.29, 0.717) is 0 Å². The largest absolute Gasteiger partial charge is 0.508 e. The van der Waals surface area contributed by atoms with E-state index >= 15 is 0 Å². The van der Waals surface area contributed by atoms with E-state index in [-0.39, 0.29) is 5.75 Å². The van der Waals surface area contributed by atoms with E-state index in [1.54, 1.807) is 12.1 Å². The van der Waals surface area contributed by atoms with Crippen LogP contribution < -0.4 is 5.32 Å². The van der Waals surface area contributed by atoms with Crippen molar-refractivity contribution in [2.75, 3.05) is 5.32 Å². The maximum absolute atomic E-state index is 9.26. The fraction of sp³-hybridized carbons (Fsp3) is 0. The van der Waals surface area contributed by atoms with Crippen molar-refractivity contribution in [2.24, 2.45) is 0 Å². The van der Waals surface area contributed by atoms with E-state index in [1.165, 1.54) is 14.3 Å². The first-order valence-corrected chi connectivity index (χ1v) is 7.04. The molecule has 0 aromatic heterocycles. The molecule has 2 nitrogen and oxygen atoms in total. The Balaban J connectivity index is 1.93. The number of aromatic hydroxyl groups is 1. The highest BCUT2D eigenvalue weighted by Gasteiger charge is 1.98. The van der Waals surface area contributed by atoms with Crippen molar-refractivity contribution >= 4 is 44.7 Å². The molecule has 0 aliphatic heterocycles. The molecule has 3 aromatic rings. The standard InChI is InChI=1S/C16H12INO/c17-13-3-1-12-10-15(4-2-11(12)9-13)18-14-5-7-16(19)8-6-14/h1-10,18-19H. The van der Waals surface area contributed by atoms with Gasteiger partial charge in [-0.1, -0.05) is 12.1 Å². The molecular formula is C16H12INO. The first kappa shape index (κ1) is 12.3. The first-order chi connectivity index (χ1) is 9.20. The van der Waals surface area contributed by atoms with Gasteiger partial charge in [0.15, 0.2) is 0 Å². The molecule has 3 rings (SSSR count). The Labute approximate surface area is 125 Å². The molecular weight excluding hydrogens is 349 g/mol. The van der Waals surface area contributed by atoms with Crippen molar-refractivity contribution in [1.82, 2.24) is 0 Å². The molecule has 0 heterocycles. The van der Waals surface area contributed by atoms with Crippen LogP contribution in [-0.4, -0.2) is 5.11 Å². The van der Waals surface area contributed by atoms with E-state index in [1.807, 2.05) is 12.1 Å². The summed E-state index contributed by atoms with van der Waals surface area (Å²) in [5.41, 5.74) is 2.00. The fourth-order valence-electron chi connectivity index (χ4n) is 2.01. The van der Waals surface area contributed by atoms with Gasteiger partial charge in [-0.3, -0.25) is 0 Å². The Kier molecular flexibility index (Phi) is 3.29. The van der Waals surface area contributed by atoms with Crippen molar-refractivity contribution in [2.45, 2.75) is 0 Å². The van der Waals surface area contributed by atoms with Crippen LogP contribution in [-0.2, 0) is 0 Å². The van der Waals surface area contributed by atoms with Gasteiger partial charge in [0.25, 0.3) is 0 Å². The van der Waals surface area contributed by atoms with Crippen LogP contribution in [0.3, 0.4) is 0 Å². The molecule has 3 aromatic carbocycles. The third kappa shape index (κ3) is 2.81. The normalized spacial score (nSPS) is 10.6. The molecule has 0 bridgehead atoms. The van der Waals surface area contributed by atoms with Crippen LogP contribution >= 0.6 is 22.6 Å². The second-order valence-corrected chi connectivity index (χ2v) is 5.62. The highest BCUT2D eigenvalue weighted by Crippen LogP contribution is 2.24. The summed E-state index contributed by atoms with van der Waals surface area (Å²) in [7, 11) is 0. The van der Waals surface area contributed by atoms with Crippen molar-refractivity contribution in [3.8, 4) is 5.75 Å². The zero-order chi connectivity index (χ0) is 13.2. The Hall–Kier alpha value is -1.75. The van der Waals surface area contributed by atoms with Crippen molar-refractivity contribution in [3.05, 3.63) is 64.2 Å². The third-order valence-corrected chi connectivity index (χ3v) is 3.63. The number of nitrogens with one attached hydrogen (secondary N) is 1. The Bertz CT molecular complexity index is 722. The summed E-state index contributed by atoms with van der Waals surface area (Å²) >= 11 is 2.32. The number of anilines is 2.